The molecule has 3 heteroatoms. The largest absolute Gasteiger partial charge is 0.481 e. The Labute approximate surface area is 113 Å². The second-order valence-electron chi connectivity index (χ2n) is 4.99. The molecule has 1 unspecified atom stereocenters. The monoisotopic (exact) mass is 260 g/mol. The van der Waals surface area contributed by atoms with Crippen LogP contribution in [0.2, 0.25) is 0 Å². The van der Waals surface area contributed by atoms with E-state index in [1.807, 2.05) is 6.92 Å². The van der Waals surface area contributed by atoms with E-state index in [-0.39, 0.29) is 6.10 Å². The maximum atomic E-state index is 9.05. The number of rotatable bonds is 10. The normalized spacial score (nSPS) is 11.6. The van der Waals surface area contributed by atoms with E-state index in [9.17, 15) is 0 Å². The maximum Gasteiger partial charge on any atom is 0.300 e. The van der Waals surface area contributed by atoms with Crippen LogP contribution in [0.25, 0.3) is 0 Å². The quantitative estimate of drug-likeness (QED) is 0.573. The molecule has 0 bridgehead atoms. The first-order valence-corrected chi connectivity index (χ1v) is 7.38. The van der Waals surface area contributed by atoms with Gasteiger partial charge in [-0.2, -0.15) is 0 Å². The van der Waals surface area contributed by atoms with Crippen molar-refractivity contribution in [3.63, 3.8) is 0 Å². The Balaban J connectivity index is 0. The molecule has 110 valence electrons. The molecule has 0 amide bonds. The van der Waals surface area contributed by atoms with E-state index >= 15 is 0 Å². The molecule has 0 fully saturated rings. The standard InChI is InChI=1S/C13H28O.C2H4O2/c1-3-4-5-6-7-8-9-10-11-12-13(2)14;1-2(3)4/h13-14H,3-12H2,1-2H3;1H3,(H,3,4). The number of aliphatic carboxylic acids is 1. The molecule has 2 N–H and O–H groups in total. The van der Waals surface area contributed by atoms with Crippen molar-refractivity contribution in [3.8, 4) is 0 Å². The van der Waals surface area contributed by atoms with Crippen molar-refractivity contribution in [1.29, 1.82) is 0 Å². The molecule has 18 heavy (non-hydrogen) atoms. The zero-order valence-corrected chi connectivity index (χ0v) is 12.5. The minimum absolute atomic E-state index is 0.0976. The molecule has 0 saturated heterocycles. The SMILES string of the molecule is CC(=O)O.CCCCCCCCCCCC(C)O. The number of hydrogen-bond acceptors (Lipinski definition) is 2. The van der Waals surface area contributed by atoms with Gasteiger partial charge in [0.2, 0.25) is 0 Å². The van der Waals surface area contributed by atoms with Crippen LogP contribution in [0.1, 0.15) is 85.0 Å². The van der Waals surface area contributed by atoms with Crippen LogP contribution in [-0.4, -0.2) is 22.3 Å². The molecule has 0 spiro atoms. The Kier molecular flexibility index (Phi) is 18.0. The number of carboxylic acid groups (broad SMARTS) is 1. The van der Waals surface area contributed by atoms with Crippen LogP contribution in [0.15, 0.2) is 0 Å². The number of aliphatic hydroxyl groups is 1. The summed E-state index contributed by atoms with van der Waals surface area (Å²) in [5.74, 6) is -0.833. The Hall–Kier alpha value is -0.570. The summed E-state index contributed by atoms with van der Waals surface area (Å²) in [4.78, 5) is 9.00. The van der Waals surface area contributed by atoms with Crippen LogP contribution < -0.4 is 0 Å². The minimum Gasteiger partial charge on any atom is -0.481 e. The van der Waals surface area contributed by atoms with E-state index in [0.29, 0.717) is 0 Å². The molecule has 0 aliphatic rings. The van der Waals surface area contributed by atoms with Gasteiger partial charge in [-0.05, 0) is 13.3 Å². The second kappa shape index (κ2) is 16.4. The third-order valence-electron chi connectivity index (χ3n) is 2.73. The van der Waals surface area contributed by atoms with Crippen molar-refractivity contribution < 1.29 is 15.0 Å². The Morgan fingerprint density at radius 1 is 0.944 bits per heavy atom. The van der Waals surface area contributed by atoms with Crippen LogP contribution >= 0.6 is 0 Å². The predicted molar refractivity (Wildman–Crippen MR) is 76.8 cm³/mol. The molecule has 0 aromatic heterocycles. The zero-order valence-electron chi connectivity index (χ0n) is 12.5. The topological polar surface area (TPSA) is 57.5 Å². The molecular formula is C15H32O3. The van der Waals surface area contributed by atoms with E-state index in [1.165, 1.54) is 57.8 Å². The van der Waals surface area contributed by atoms with Crippen molar-refractivity contribution in [2.24, 2.45) is 0 Å². The fraction of sp³-hybridized carbons (Fsp3) is 0.933. The third kappa shape index (κ3) is 29.5. The van der Waals surface area contributed by atoms with Crippen LogP contribution in [0, 0.1) is 0 Å². The highest BCUT2D eigenvalue weighted by Crippen LogP contribution is 2.10. The van der Waals surface area contributed by atoms with Crippen LogP contribution in [0.3, 0.4) is 0 Å². The second-order valence-corrected chi connectivity index (χ2v) is 4.99. The number of aliphatic hydroxyl groups excluding tert-OH is 1. The number of hydrogen-bond donors (Lipinski definition) is 2. The van der Waals surface area contributed by atoms with Crippen molar-refractivity contribution in [2.75, 3.05) is 0 Å². The van der Waals surface area contributed by atoms with Gasteiger partial charge in [-0.15, -0.1) is 0 Å². The third-order valence-corrected chi connectivity index (χ3v) is 2.73. The molecule has 0 aromatic carbocycles. The summed E-state index contributed by atoms with van der Waals surface area (Å²) in [6.45, 7) is 5.22. The van der Waals surface area contributed by atoms with Gasteiger partial charge < -0.3 is 10.2 Å². The lowest BCUT2D eigenvalue weighted by Crippen LogP contribution is -1.98. The van der Waals surface area contributed by atoms with E-state index in [4.69, 9.17) is 15.0 Å². The molecule has 0 aliphatic carbocycles. The summed E-state index contributed by atoms with van der Waals surface area (Å²) >= 11 is 0. The van der Waals surface area contributed by atoms with Crippen LogP contribution in [0.5, 0.6) is 0 Å². The first-order chi connectivity index (χ1) is 8.50. The minimum atomic E-state index is -0.833. The van der Waals surface area contributed by atoms with Gasteiger partial charge in [0.05, 0.1) is 6.10 Å². The van der Waals surface area contributed by atoms with E-state index in [2.05, 4.69) is 6.92 Å². The fourth-order valence-electron chi connectivity index (χ4n) is 1.75. The lowest BCUT2D eigenvalue weighted by molar-refractivity contribution is -0.134. The number of carbonyl (C=O) groups is 1. The van der Waals surface area contributed by atoms with Crippen molar-refractivity contribution in [2.45, 2.75) is 91.1 Å². The molecule has 3 nitrogen and oxygen atoms in total. The van der Waals surface area contributed by atoms with Gasteiger partial charge in [0.25, 0.3) is 5.97 Å². The lowest BCUT2D eigenvalue weighted by Gasteiger charge is -2.03. The summed E-state index contributed by atoms with van der Waals surface area (Å²) < 4.78 is 0. The molecule has 0 radical (unpaired) electrons. The van der Waals surface area contributed by atoms with Gasteiger partial charge in [0, 0.05) is 6.92 Å². The van der Waals surface area contributed by atoms with Crippen LogP contribution in [-0.2, 0) is 4.79 Å². The molecule has 0 rings (SSSR count). The fourth-order valence-corrected chi connectivity index (χ4v) is 1.75. The summed E-state index contributed by atoms with van der Waals surface area (Å²) in [7, 11) is 0. The highest BCUT2D eigenvalue weighted by atomic mass is 16.4. The molecular weight excluding hydrogens is 228 g/mol. The van der Waals surface area contributed by atoms with Crippen LogP contribution in [0.4, 0.5) is 0 Å². The summed E-state index contributed by atoms with van der Waals surface area (Å²) in [5.41, 5.74) is 0. The first kappa shape index (κ1) is 19.8. The predicted octanol–water partition coefficient (Wildman–Crippen LogP) is 4.38. The van der Waals surface area contributed by atoms with Gasteiger partial charge in [-0.1, -0.05) is 64.7 Å². The molecule has 0 aliphatic heterocycles. The summed E-state index contributed by atoms with van der Waals surface area (Å²) in [5, 5.41) is 16.5. The first-order valence-electron chi connectivity index (χ1n) is 7.38. The Morgan fingerprint density at radius 3 is 1.61 bits per heavy atom. The van der Waals surface area contributed by atoms with E-state index in [1.54, 1.807) is 0 Å². The number of carboxylic acids is 1. The molecule has 0 aromatic rings. The van der Waals surface area contributed by atoms with Gasteiger partial charge >= 0.3 is 0 Å². The van der Waals surface area contributed by atoms with Gasteiger partial charge in [0.15, 0.2) is 0 Å². The zero-order chi connectivity index (χ0) is 14.2. The molecule has 1 atom stereocenters. The summed E-state index contributed by atoms with van der Waals surface area (Å²) in [6.07, 6.45) is 13.1. The Bertz CT molecular complexity index is 163. The number of unbranched alkanes of at least 4 members (excludes halogenated alkanes) is 8. The summed E-state index contributed by atoms with van der Waals surface area (Å²) in [6, 6.07) is 0. The highest BCUT2D eigenvalue weighted by molar-refractivity contribution is 5.62. The van der Waals surface area contributed by atoms with Gasteiger partial charge in [-0.3, -0.25) is 4.79 Å². The average molecular weight is 260 g/mol. The van der Waals surface area contributed by atoms with E-state index in [0.717, 1.165) is 13.3 Å². The van der Waals surface area contributed by atoms with Crippen molar-refractivity contribution >= 4 is 5.97 Å². The maximum absolute atomic E-state index is 9.05. The molecule has 0 saturated carbocycles. The van der Waals surface area contributed by atoms with E-state index < -0.39 is 5.97 Å². The lowest BCUT2D eigenvalue weighted by atomic mass is 10.1. The highest BCUT2D eigenvalue weighted by Gasteiger charge is 1.95. The average Bonchev–Trinajstić information content (AvgIpc) is 2.26. The van der Waals surface area contributed by atoms with Crippen molar-refractivity contribution in [3.05, 3.63) is 0 Å². The Morgan fingerprint density at radius 2 is 1.28 bits per heavy atom. The molecule has 0 heterocycles. The van der Waals surface area contributed by atoms with Gasteiger partial charge in [-0.25, -0.2) is 0 Å². The smallest absolute Gasteiger partial charge is 0.300 e. The van der Waals surface area contributed by atoms with Crippen molar-refractivity contribution in [1.82, 2.24) is 0 Å². The van der Waals surface area contributed by atoms with Gasteiger partial charge in [0.1, 0.15) is 0 Å².